The molecule has 3 rings (SSSR count). The van der Waals surface area contributed by atoms with Crippen LogP contribution in [-0.2, 0) is 9.53 Å². The summed E-state index contributed by atoms with van der Waals surface area (Å²) in [6.45, 7) is 6.77. The van der Waals surface area contributed by atoms with Gasteiger partial charge in [-0.15, -0.1) is 0 Å². The minimum absolute atomic E-state index is 0.311. The van der Waals surface area contributed by atoms with Crippen molar-refractivity contribution in [2.75, 3.05) is 52.9 Å². The van der Waals surface area contributed by atoms with E-state index in [0.29, 0.717) is 24.6 Å². The maximum Gasteiger partial charge on any atom is 0.236 e. The number of hydrogen-bond donors (Lipinski definition) is 0. The topological polar surface area (TPSA) is 36.0 Å². The van der Waals surface area contributed by atoms with Crippen LogP contribution in [0.25, 0.3) is 0 Å². The van der Waals surface area contributed by atoms with Gasteiger partial charge < -0.3 is 9.64 Å². The normalized spacial score (nSPS) is 28.0. The lowest BCUT2D eigenvalue weighted by molar-refractivity contribution is -0.134. The summed E-state index contributed by atoms with van der Waals surface area (Å²) in [4.78, 5) is 19.4. The monoisotopic (exact) mass is 337 g/mol. The third-order valence-electron chi connectivity index (χ3n) is 6.08. The molecule has 0 spiro atoms. The van der Waals surface area contributed by atoms with Crippen molar-refractivity contribution < 1.29 is 9.53 Å². The van der Waals surface area contributed by atoms with Crippen molar-refractivity contribution in [3.8, 4) is 0 Å². The molecule has 0 bridgehead atoms. The van der Waals surface area contributed by atoms with Gasteiger partial charge in [0.25, 0.3) is 0 Å². The first-order chi connectivity index (χ1) is 11.7. The quantitative estimate of drug-likeness (QED) is 0.768. The molecule has 0 N–H and O–H groups in total. The SMILES string of the molecule is CN(C(=O)CN1CCN(C[C@@H]2CCCCO2)CC1)C1CCCCC1. The molecule has 2 aliphatic heterocycles. The minimum Gasteiger partial charge on any atom is -0.377 e. The lowest BCUT2D eigenvalue weighted by atomic mass is 9.94. The molecule has 1 amide bonds. The molecule has 0 unspecified atom stereocenters. The second-order valence-electron chi connectivity index (χ2n) is 7.86. The summed E-state index contributed by atoms with van der Waals surface area (Å²) in [5, 5.41) is 0. The van der Waals surface area contributed by atoms with Crippen molar-refractivity contribution in [2.24, 2.45) is 0 Å². The molecule has 1 saturated carbocycles. The van der Waals surface area contributed by atoms with E-state index >= 15 is 0 Å². The van der Waals surface area contributed by atoms with Crippen molar-refractivity contribution in [2.45, 2.75) is 63.5 Å². The Morgan fingerprint density at radius 2 is 1.62 bits per heavy atom. The van der Waals surface area contributed by atoms with Gasteiger partial charge in [-0.1, -0.05) is 19.3 Å². The van der Waals surface area contributed by atoms with E-state index in [0.717, 1.165) is 39.3 Å². The molecule has 138 valence electrons. The van der Waals surface area contributed by atoms with Crippen molar-refractivity contribution in [1.82, 2.24) is 14.7 Å². The van der Waals surface area contributed by atoms with E-state index in [9.17, 15) is 4.79 Å². The molecular weight excluding hydrogens is 302 g/mol. The highest BCUT2D eigenvalue weighted by atomic mass is 16.5. The molecule has 5 heteroatoms. The molecule has 2 heterocycles. The Morgan fingerprint density at radius 1 is 0.958 bits per heavy atom. The number of carbonyl (C=O) groups excluding carboxylic acids is 1. The van der Waals surface area contributed by atoms with Gasteiger partial charge in [-0.2, -0.15) is 0 Å². The van der Waals surface area contributed by atoms with Gasteiger partial charge in [0, 0.05) is 52.4 Å². The lowest BCUT2D eigenvalue weighted by Crippen LogP contribution is -2.52. The zero-order chi connectivity index (χ0) is 16.8. The first kappa shape index (κ1) is 18.2. The maximum atomic E-state index is 12.6. The van der Waals surface area contributed by atoms with Crippen molar-refractivity contribution >= 4 is 5.91 Å². The van der Waals surface area contributed by atoms with Crippen LogP contribution in [0.4, 0.5) is 0 Å². The van der Waals surface area contributed by atoms with E-state index < -0.39 is 0 Å². The van der Waals surface area contributed by atoms with Gasteiger partial charge in [0.1, 0.15) is 0 Å². The van der Waals surface area contributed by atoms with Crippen LogP contribution in [0.1, 0.15) is 51.4 Å². The van der Waals surface area contributed by atoms with Gasteiger partial charge in [0.15, 0.2) is 0 Å². The highest BCUT2D eigenvalue weighted by Crippen LogP contribution is 2.22. The minimum atomic E-state index is 0.311. The second kappa shape index (κ2) is 9.16. The molecule has 0 radical (unpaired) electrons. The Kier molecular flexibility index (Phi) is 6.93. The first-order valence-corrected chi connectivity index (χ1v) is 10.0. The number of ether oxygens (including phenoxy) is 1. The first-order valence-electron chi connectivity index (χ1n) is 10.0. The number of rotatable bonds is 5. The summed E-state index contributed by atoms with van der Waals surface area (Å²) in [5.41, 5.74) is 0. The Labute approximate surface area is 147 Å². The number of carbonyl (C=O) groups is 1. The van der Waals surface area contributed by atoms with Crippen LogP contribution in [0.5, 0.6) is 0 Å². The maximum absolute atomic E-state index is 12.6. The van der Waals surface area contributed by atoms with Crippen LogP contribution in [0, 0.1) is 0 Å². The number of amides is 1. The van der Waals surface area contributed by atoms with Crippen LogP contribution < -0.4 is 0 Å². The van der Waals surface area contributed by atoms with Crippen LogP contribution in [-0.4, -0.2) is 85.7 Å². The molecule has 0 aromatic rings. The standard InChI is InChI=1S/C19H35N3O2/c1-20(17-7-3-2-4-8-17)19(23)16-22-12-10-21(11-13-22)15-18-9-5-6-14-24-18/h17-18H,2-16H2,1H3/t18-/m0/s1. The fourth-order valence-electron chi connectivity index (χ4n) is 4.34. The average molecular weight is 338 g/mol. The molecule has 0 aromatic heterocycles. The number of hydrogen-bond acceptors (Lipinski definition) is 4. The second-order valence-corrected chi connectivity index (χ2v) is 7.86. The van der Waals surface area contributed by atoms with E-state index in [-0.39, 0.29) is 0 Å². The van der Waals surface area contributed by atoms with Crippen molar-refractivity contribution in [1.29, 1.82) is 0 Å². The number of likely N-dealkylation sites (N-methyl/N-ethyl adjacent to an activating group) is 1. The third kappa shape index (κ3) is 5.17. The van der Waals surface area contributed by atoms with Gasteiger partial charge in [0.2, 0.25) is 5.91 Å². The van der Waals surface area contributed by atoms with Gasteiger partial charge >= 0.3 is 0 Å². The molecule has 3 aliphatic rings. The Hall–Kier alpha value is -0.650. The highest BCUT2D eigenvalue weighted by Gasteiger charge is 2.26. The smallest absolute Gasteiger partial charge is 0.236 e. The fraction of sp³-hybridized carbons (Fsp3) is 0.947. The van der Waals surface area contributed by atoms with Crippen molar-refractivity contribution in [3.63, 3.8) is 0 Å². The summed E-state index contributed by atoms with van der Waals surface area (Å²) in [6.07, 6.45) is 10.5. The molecule has 0 aromatic carbocycles. The molecule has 1 atom stereocenters. The molecule has 5 nitrogen and oxygen atoms in total. The van der Waals surface area contributed by atoms with Gasteiger partial charge in [-0.3, -0.25) is 14.6 Å². The Balaban J connectivity index is 1.36. The third-order valence-corrected chi connectivity index (χ3v) is 6.08. The molecule has 3 fully saturated rings. The Morgan fingerprint density at radius 3 is 2.29 bits per heavy atom. The average Bonchev–Trinajstić information content (AvgIpc) is 2.64. The molecule has 24 heavy (non-hydrogen) atoms. The highest BCUT2D eigenvalue weighted by molar-refractivity contribution is 5.78. The van der Waals surface area contributed by atoms with Gasteiger partial charge in [-0.05, 0) is 32.1 Å². The summed E-state index contributed by atoms with van der Waals surface area (Å²) in [6, 6.07) is 0.482. The van der Waals surface area contributed by atoms with E-state index in [4.69, 9.17) is 4.74 Å². The Bertz CT molecular complexity index is 384. The van der Waals surface area contributed by atoms with Crippen molar-refractivity contribution in [3.05, 3.63) is 0 Å². The van der Waals surface area contributed by atoms with E-state index in [1.807, 2.05) is 11.9 Å². The fourth-order valence-corrected chi connectivity index (χ4v) is 4.34. The van der Waals surface area contributed by atoms with E-state index in [2.05, 4.69) is 9.80 Å². The predicted molar refractivity (Wildman–Crippen MR) is 96.1 cm³/mol. The molecular formula is C19H35N3O2. The summed E-state index contributed by atoms with van der Waals surface area (Å²) in [5.74, 6) is 0.311. The summed E-state index contributed by atoms with van der Waals surface area (Å²) in [7, 11) is 2.01. The zero-order valence-corrected chi connectivity index (χ0v) is 15.4. The van der Waals surface area contributed by atoms with Crippen LogP contribution in [0.15, 0.2) is 0 Å². The largest absolute Gasteiger partial charge is 0.377 e. The van der Waals surface area contributed by atoms with Gasteiger partial charge in [-0.25, -0.2) is 0 Å². The zero-order valence-electron chi connectivity index (χ0n) is 15.4. The molecule has 1 aliphatic carbocycles. The van der Waals surface area contributed by atoms with Crippen LogP contribution >= 0.6 is 0 Å². The van der Waals surface area contributed by atoms with Crippen LogP contribution in [0.3, 0.4) is 0 Å². The summed E-state index contributed by atoms with van der Waals surface area (Å²) >= 11 is 0. The lowest BCUT2D eigenvalue weighted by Gasteiger charge is -2.38. The van der Waals surface area contributed by atoms with Gasteiger partial charge in [0.05, 0.1) is 12.6 Å². The number of nitrogens with zero attached hydrogens (tertiary/aromatic N) is 3. The predicted octanol–water partition coefficient (Wildman–Crippen LogP) is 1.96. The summed E-state index contributed by atoms with van der Waals surface area (Å²) < 4.78 is 5.85. The van der Waals surface area contributed by atoms with Crippen LogP contribution in [0.2, 0.25) is 0 Å². The number of piperazine rings is 1. The van der Waals surface area contributed by atoms with E-state index in [1.54, 1.807) is 0 Å². The molecule has 2 saturated heterocycles. The van der Waals surface area contributed by atoms with E-state index in [1.165, 1.54) is 51.4 Å².